The Labute approximate surface area is 123 Å². The first-order valence-electron chi connectivity index (χ1n) is 6.48. The van der Waals surface area contributed by atoms with E-state index in [1.54, 1.807) is 23.5 Å². The minimum Gasteiger partial charge on any atom is -0.507 e. The molecule has 1 aromatic heterocycles. The molecule has 1 N–H and O–H groups in total. The standard InChI is InChI=1S/C17H18O2S/c1-10-7-14(8-11(2)17(10)19)5-6-16(18)15-9-12(3)20-13(15)4/h5-9,19H,1-4H3/b6-5+. The molecule has 0 aliphatic heterocycles. The van der Waals surface area contributed by atoms with Crippen molar-refractivity contribution in [3.8, 4) is 5.75 Å². The summed E-state index contributed by atoms with van der Waals surface area (Å²) in [6.07, 6.45) is 3.40. The number of rotatable bonds is 3. The van der Waals surface area contributed by atoms with Crippen LogP contribution in [0.5, 0.6) is 5.75 Å². The highest BCUT2D eigenvalue weighted by Crippen LogP contribution is 2.24. The monoisotopic (exact) mass is 286 g/mol. The van der Waals surface area contributed by atoms with Crippen molar-refractivity contribution in [2.24, 2.45) is 0 Å². The first-order valence-corrected chi connectivity index (χ1v) is 7.30. The number of phenolic OH excluding ortho intramolecular Hbond substituents is 1. The molecule has 0 saturated carbocycles. The second kappa shape index (κ2) is 5.63. The van der Waals surface area contributed by atoms with E-state index in [0.29, 0.717) is 5.75 Å². The number of carbonyl (C=O) groups excluding carboxylic acids is 1. The minimum atomic E-state index is 0.0234. The van der Waals surface area contributed by atoms with Gasteiger partial charge in [-0.15, -0.1) is 11.3 Å². The van der Waals surface area contributed by atoms with Crippen molar-refractivity contribution in [3.05, 3.63) is 56.3 Å². The number of benzene rings is 1. The van der Waals surface area contributed by atoms with E-state index in [0.717, 1.165) is 32.0 Å². The van der Waals surface area contributed by atoms with Crippen LogP contribution >= 0.6 is 11.3 Å². The number of phenols is 1. The molecule has 0 bridgehead atoms. The van der Waals surface area contributed by atoms with Crippen LogP contribution in [-0.4, -0.2) is 10.9 Å². The molecule has 0 fully saturated rings. The zero-order chi connectivity index (χ0) is 14.9. The van der Waals surface area contributed by atoms with Crippen LogP contribution in [0.2, 0.25) is 0 Å². The quantitative estimate of drug-likeness (QED) is 0.662. The molecule has 2 nitrogen and oxygen atoms in total. The second-order valence-corrected chi connectivity index (χ2v) is 6.49. The average molecular weight is 286 g/mol. The van der Waals surface area contributed by atoms with Gasteiger partial charge in [0, 0.05) is 15.3 Å². The van der Waals surface area contributed by atoms with Crippen molar-refractivity contribution in [2.75, 3.05) is 0 Å². The van der Waals surface area contributed by atoms with Crippen molar-refractivity contribution >= 4 is 23.2 Å². The topological polar surface area (TPSA) is 37.3 Å². The Hall–Kier alpha value is -1.87. The number of hydrogen-bond acceptors (Lipinski definition) is 3. The number of aromatic hydroxyl groups is 1. The lowest BCUT2D eigenvalue weighted by Gasteiger charge is -2.04. The highest BCUT2D eigenvalue weighted by atomic mass is 32.1. The predicted octanol–water partition coefficient (Wildman–Crippen LogP) is 4.58. The molecule has 0 aliphatic carbocycles. The summed E-state index contributed by atoms with van der Waals surface area (Å²) in [6, 6.07) is 5.68. The average Bonchev–Trinajstić information content (AvgIpc) is 2.72. The van der Waals surface area contributed by atoms with Gasteiger partial charge in [-0.05, 0) is 68.7 Å². The van der Waals surface area contributed by atoms with Crippen molar-refractivity contribution in [2.45, 2.75) is 27.7 Å². The maximum absolute atomic E-state index is 12.2. The fourth-order valence-electron chi connectivity index (χ4n) is 2.22. The molecule has 0 spiro atoms. The molecule has 0 aliphatic rings. The van der Waals surface area contributed by atoms with Gasteiger partial charge >= 0.3 is 0 Å². The van der Waals surface area contributed by atoms with Crippen LogP contribution in [0.15, 0.2) is 24.3 Å². The molecule has 1 aromatic carbocycles. The number of carbonyl (C=O) groups is 1. The third-order valence-electron chi connectivity index (χ3n) is 3.25. The summed E-state index contributed by atoms with van der Waals surface area (Å²) in [5, 5.41) is 9.74. The summed E-state index contributed by atoms with van der Waals surface area (Å²) in [7, 11) is 0. The molecule has 0 unspecified atom stereocenters. The van der Waals surface area contributed by atoms with Crippen LogP contribution in [0.1, 0.15) is 36.8 Å². The van der Waals surface area contributed by atoms with Gasteiger partial charge in [0.25, 0.3) is 0 Å². The summed E-state index contributed by atoms with van der Waals surface area (Å²) < 4.78 is 0. The number of aryl methyl sites for hydroxylation is 4. The molecule has 0 amide bonds. The first kappa shape index (κ1) is 14.5. The van der Waals surface area contributed by atoms with Gasteiger partial charge in [-0.2, -0.15) is 0 Å². The van der Waals surface area contributed by atoms with Gasteiger partial charge in [-0.1, -0.05) is 6.08 Å². The summed E-state index contributed by atoms with van der Waals surface area (Å²) in [5.74, 6) is 0.341. The summed E-state index contributed by atoms with van der Waals surface area (Å²) in [6.45, 7) is 7.68. The van der Waals surface area contributed by atoms with Gasteiger partial charge in [0.05, 0.1) is 0 Å². The van der Waals surface area contributed by atoms with Gasteiger partial charge in [0.1, 0.15) is 5.75 Å². The van der Waals surface area contributed by atoms with E-state index in [4.69, 9.17) is 0 Å². The number of thiophene rings is 1. The van der Waals surface area contributed by atoms with Crippen LogP contribution in [-0.2, 0) is 0 Å². The molecule has 3 heteroatoms. The minimum absolute atomic E-state index is 0.0234. The summed E-state index contributed by atoms with van der Waals surface area (Å²) >= 11 is 1.64. The number of allylic oxidation sites excluding steroid dienone is 1. The highest BCUT2D eigenvalue weighted by molar-refractivity contribution is 7.12. The second-order valence-electron chi connectivity index (χ2n) is 5.03. The van der Waals surface area contributed by atoms with Crippen LogP contribution in [0.3, 0.4) is 0 Å². The third-order valence-corrected chi connectivity index (χ3v) is 4.21. The SMILES string of the molecule is Cc1cc(C(=O)/C=C/c2cc(C)c(O)c(C)c2)c(C)s1. The summed E-state index contributed by atoms with van der Waals surface area (Å²) in [5.41, 5.74) is 3.34. The third kappa shape index (κ3) is 2.99. The van der Waals surface area contributed by atoms with Crippen LogP contribution < -0.4 is 0 Å². The Morgan fingerprint density at radius 3 is 2.20 bits per heavy atom. The molecule has 0 atom stereocenters. The van der Waals surface area contributed by atoms with E-state index in [1.807, 2.05) is 45.9 Å². The van der Waals surface area contributed by atoms with Gasteiger partial charge in [0.2, 0.25) is 0 Å². The van der Waals surface area contributed by atoms with Crippen molar-refractivity contribution in [3.63, 3.8) is 0 Å². The van der Waals surface area contributed by atoms with E-state index in [1.165, 1.54) is 0 Å². The lowest BCUT2D eigenvalue weighted by Crippen LogP contribution is -1.93. The van der Waals surface area contributed by atoms with E-state index in [9.17, 15) is 9.90 Å². The predicted molar refractivity (Wildman–Crippen MR) is 84.7 cm³/mol. The van der Waals surface area contributed by atoms with E-state index < -0.39 is 0 Å². The number of hydrogen-bond donors (Lipinski definition) is 1. The summed E-state index contributed by atoms with van der Waals surface area (Å²) in [4.78, 5) is 14.4. The zero-order valence-corrected chi connectivity index (χ0v) is 13.0. The van der Waals surface area contributed by atoms with Gasteiger partial charge in [-0.25, -0.2) is 0 Å². The van der Waals surface area contributed by atoms with Crippen molar-refractivity contribution in [1.82, 2.24) is 0 Å². The van der Waals surface area contributed by atoms with Crippen LogP contribution in [0.4, 0.5) is 0 Å². The van der Waals surface area contributed by atoms with Gasteiger partial charge in [0.15, 0.2) is 5.78 Å². The number of ketones is 1. The van der Waals surface area contributed by atoms with E-state index in [-0.39, 0.29) is 5.78 Å². The molecular formula is C17H18O2S. The molecule has 1 heterocycles. The van der Waals surface area contributed by atoms with Crippen LogP contribution in [0.25, 0.3) is 6.08 Å². The normalized spacial score (nSPS) is 11.2. The molecule has 104 valence electrons. The maximum atomic E-state index is 12.2. The zero-order valence-electron chi connectivity index (χ0n) is 12.2. The Balaban J connectivity index is 2.26. The largest absolute Gasteiger partial charge is 0.507 e. The first-order chi connectivity index (χ1) is 9.38. The lowest BCUT2D eigenvalue weighted by atomic mass is 10.0. The Kier molecular flexibility index (Phi) is 4.09. The van der Waals surface area contributed by atoms with Crippen LogP contribution in [0, 0.1) is 27.7 Å². The van der Waals surface area contributed by atoms with Gasteiger partial charge < -0.3 is 5.11 Å². The molecule has 2 aromatic rings. The van der Waals surface area contributed by atoms with Crippen molar-refractivity contribution < 1.29 is 9.90 Å². The molecule has 20 heavy (non-hydrogen) atoms. The fraction of sp³-hybridized carbons (Fsp3) is 0.235. The molecular weight excluding hydrogens is 268 g/mol. The Bertz CT molecular complexity index is 670. The maximum Gasteiger partial charge on any atom is 0.186 e. The van der Waals surface area contributed by atoms with Gasteiger partial charge in [-0.3, -0.25) is 4.79 Å². The highest BCUT2D eigenvalue weighted by Gasteiger charge is 2.09. The van der Waals surface area contributed by atoms with E-state index in [2.05, 4.69) is 0 Å². The lowest BCUT2D eigenvalue weighted by molar-refractivity contribution is 0.104. The van der Waals surface area contributed by atoms with Crippen molar-refractivity contribution in [1.29, 1.82) is 0 Å². The Morgan fingerprint density at radius 2 is 1.70 bits per heavy atom. The molecule has 0 radical (unpaired) electrons. The Morgan fingerprint density at radius 1 is 1.10 bits per heavy atom. The fourth-order valence-corrected chi connectivity index (χ4v) is 3.15. The van der Waals surface area contributed by atoms with E-state index >= 15 is 0 Å². The molecule has 0 saturated heterocycles. The molecule has 2 rings (SSSR count). The smallest absolute Gasteiger partial charge is 0.186 e.